The maximum absolute atomic E-state index is 13.4. The molecule has 3 aromatic carbocycles. The summed E-state index contributed by atoms with van der Waals surface area (Å²) in [6.07, 6.45) is -3.79. The van der Waals surface area contributed by atoms with Crippen LogP contribution in [-0.2, 0) is 6.18 Å². The minimum absolute atomic E-state index is 0.303. The standard InChI is InChI=1S/C28H25F3N6O4S2/c1-39-22-15-19(16-23(40-2)24(22)41-3)37-27(33-34-35-37)43-14-6-13-42-26-32-21-8-5-4-7-20(21)25(38)36(26)18-11-9-17(10-12-18)28(29,30)31/h4-5,7-12,15-16H,6,13-14H2,1-3H3. The minimum atomic E-state index is -4.48. The lowest BCUT2D eigenvalue weighted by Gasteiger charge is -2.14. The maximum atomic E-state index is 13.4. The number of para-hydroxylation sites is 1. The molecule has 0 radical (unpaired) electrons. The van der Waals surface area contributed by atoms with Crippen LogP contribution in [0.5, 0.6) is 17.2 Å². The Morgan fingerprint density at radius 2 is 1.49 bits per heavy atom. The van der Waals surface area contributed by atoms with Crippen LogP contribution in [-0.4, -0.2) is 62.6 Å². The van der Waals surface area contributed by atoms with Crippen LogP contribution in [0, 0.1) is 0 Å². The normalized spacial score (nSPS) is 11.6. The van der Waals surface area contributed by atoms with Gasteiger partial charge in [-0.15, -0.1) is 5.10 Å². The molecule has 0 saturated carbocycles. The fourth-order valence-corrected chi connectivity index (χ4v) is 6.21. The van der Waals surface area contributed by atoms with Crippen molar-refractivity contribution in [2.75, 3.05) is 32.8 Å². The van der Waals surface area contributed by atoms with E-state index in [1.165, 1.54) is 61.6 Å². The van der Waals surface area contributed by atoms with Gasteiger partial charge in [0, 0.05) is 23.6 Å². The van der Waals surface area contributed by atoms with E-state index in [9.17, 15) is 18.0 Å². The number of halogens is 3. The van der Waals surface area contributed by atoms with Crippen molar-refractivity contribution in [1.29, 1.82) is 0 Å². The van der Waals surface area contributed by atoms with Crippen LogP contribution >= 0.6 is 23.5 Å². The average molecular weight is 631 g/mol. The summed E-state index contributed by atoms with van der Waals surface area (Å²) in [4.78, 5) is 18.1. The van der Waals surface area contributed by atoms with Gasteiger partial charge in [0.15, 0.2) is 16.7 Å². The molecule has 0 aliphatic carbocycles. The molecule has 0 N–H and O–H groups in total. The Labute approximate surface area is 252 Å². The summed E-state index contributed by atoms with van der Waals surface area (Å²) in [7, 11) is 4.57. The third-order valence-corrected chi connectivity index (χ3v) is 8.31. The summed E-state index contributed by atoms with van der Waals surface area (Å²) in [6.45, 7) is 0. The van der Waals surface area contributed by atoms with Crippen molar-refractivity contribution in [3.63, 3.8) is 0 Å². The lowest BCUT2D eigenvalue weighted by atomic mass is 10.2. The summed E-state index contributed by atoms with van der Waals surface area (Å²) in [5.74, 6) is 2.58. The molecule has 224 valence electrons. The second kappa shape index (κ2) is 13.0. The number of ether oxygens (including phenoxy) is 3. The molecule has 10 nitrogen and oxygen atoms in total. The van der Waals surface area contributed by atoms with Gasteiger partial charge in [-0.25, -0.2) is 4.98 Å². The van der Waals surface area contributed by atoms with E-state index in [-0.39, 0.29) is 5.56 Å². The Hall–Kier alpha value is -4.24. The first-order valence-corrected chi connectivity index (χ1v) is 14.8. The number of methoxy groups -OCH3 is 3. The molecular formula is C28H25F3N6O4S2. The monoisotopic (exact) mass is 630 g/mol. The molecule has 0 bridgehead atoms. The highest BCUT2D eigenvalue weighted by molar-refractivity contribution is 8.00. The zero-order valence-corrected chi connectivity index (χ0v) is 24.8. The van der Waals surface area contributed by atoms with Gasteiger partial charge in [0.1, 0.15) is 0 Å². The highest BCUT2D eigenvalue weighted by atomic mass is 32.2. The number of rotatable bonds is 11. The van der Waals surface area contributed by atoms with E-state index in [1.807, 2.05) is 0 Å². The Bertz CT molecular complexity index is 1770. The van der Waals surface area contributed by atoms with Crippen molar-refractivity contribution in [3.05, 3.63) is 76.6 Å². The second-order valence-electron chi connectivity index (χ2n) is 8.90. The maximum Gasteiger partial charge on any atom is 0.416 e. The van der Waals surface area contributed by atoms with E-state index >= 15 is 0 Å². The van der Waals surface area contributed by atoms with Gasteiger partial charge >= 0.3 is 6.18 Å². The first-order valence-electron chi connectivity index (χ1n) is 12.8. The van der Waals surface area contributed by atoms with Crippen LogP contribution in [0.25, 0.3) is 22.3 Å². The Morgan fingerprint density at radius 1 is 0.837 bits per heavy atom. The first-order chi connectivity index (χ1) is 20.7. The van der Waals surface area contributed by atoms with E-state index in [0.29, 0.717) is 67.8 Å². The van der Waals surface area contributed by atoms with E-state index in [0.717, 1.165) is 12.1 Å². The topological polar surface area (TPSA) is 106 Å². The van der Waals surface area contributed by atoms with E-state index in [4.69, 9.17) is 14.2 Å². The number of thioether (sulfide) groups is 2. The predicted molar refractivity (Wildman–Crippen MR) is 157 cm³/mol. The third-order valence-electron chi connectivity index (χ3n) is 6.28. The quantitative estimate of drug-likeness (QED) is 0.103. The van der Waals surface area contributed by atoms with Crippen LogP contribution in [0.1, 0.15) is 12.0 Å². The van der Waals surface area contributed by atoms with Crippen molar-refractivity contribution < 1.29 is 27.4 Å². The molecule has 0 atom stereocenters. The highest BCUT2D eigenvalue weighted by Crippen LogP contribution is 2.39. The van der Waals surface area contributed by atoms with Gasteiger partial charge in [0.2, 0.25) is 10.9 Å². The number of hydrogen-bond acceptors (Lipinski definition) is 10. The molecule has 0 spiro atoms. The van der Waals surface area contributed by atoms with Crippen LogP contribution in [0.4, 0.5) is 13.2 Å². The van der Waals surface area contributed by atoms with Gasteiger partial charge in [0.05, 0.1) is 49.2 Å². The van der Waals surface area contributed by atoms with Gasteiger partial charge in [-0.05, 0) is 53.2 Å². The van der Waals surface area contributed by atoms with Gasteiger partial charge in [-0.2, -0.15) is 17.9 Å². The molecule has 0 fully saturated rings. The fraction of sp³-hybridized carbons (Fsp3) is 0.250. The Morgan fingerprint density at radius 3 is 2.12 bits per heavy atom. The van der Waals surface area contributed by atoms with Crippen LogP contribution < -0.4 is 19.8 Å². The number of hydrogen-bond donors (Lipinski definition) is 0. The van der Waals surface area contributed by atoms with Gasteiger partial charge in [0.25, 0.3) is 5.56 Å². The highest BCUT2D eigenvalue weighted by Gasteiger charge is 2.30. The molecule has 5 aromatic rings. The molecule has 5 rings (SSSR count). The van der Waals surface area contributed by atoms with E-state index in [2.05, 4.69) is 20.5 Å². The summed E-state index contributed by atoms with van der Waals surface area (Å²) < 4.78 is 58.6. The van der Waals surface area contributed by atoms with Crippen molar-refractivity contribution in [3.8, 4) is 28.6 Å². The van der Waals surface area contributed by atoms with Crippen molar-refractivity contribution >= 4 is 34.4 Å². The Balaban J connectivity index is 1.32. The lowest BCUT2D eigenvalue weighted by molar-refractivity contribution is -0.137. The molecule has 15 heteroatoms. The summed E-state index contributed by atoms with van der Waals surface area (Å²) in [6, 6.07) is 14.8. The number of fused-ring (bicyclic) bond motifs is 1. The van der Waals surface area contributed by atoms with Crippen molar-refractivity contribution in [1.82, 2.24) is 29.8 Å². The van der Waals surface area contributed by atoms with Crippen LogP contribution in [0.3, 0.4) is 0 Å². The summed E-state index contributed by atoms with van der Waals surface area (Å²) in [5, 5.41) is 13.4. The van der Waals surface area contributed by atoms with Crippen molar-refractivity contribution in [2.24, 2.45) is 0 Å². The molecule has 2 aromatic heterocycles. The molecule has 43 heavy (non-hydrogen) atoms. The predicted octanol–water partition coefficient (Wildman–Crippen LogP) is 5.68. The van der Waals surface area contributed by atoms with Gasteiger partial charge in [-0.1, -0.05) is 35.7 Å². The number of tetrazole rings is 1. The zero-order chi connectivity index (χ0) is 30.6. The minimum Gasteiger partial charge on any atom is -0.493 e. The number of aromatic nitrogens is 6. The van der Waals surface area contributed by atoms with Crippen molar-refractivity contribution in [2.45, 2.75) is 22.9 Å². The van der Waals surface area contributed by atoms with Gasteiger partial charge < -0.3 is 14.2 Å². The van der Waals surface area contributed by atoms with Crippen LogP contribution in [0.15, 0.2) is 75.8 Å². The van der Waals surface area contributed by atoms with Crippen LogP contribution in [0.2, 0.25) is 0 Å². The number of nitrogens with zero attached hydrogens (tertiary/aromatic N) is 6. The third kappa shape index (κ3) is 6.41. The summed E-state index contributed by atoms with van der Waals surface area (Å²) in [5.41, 5.74) is 0.289. The molecule has 0 amide bonds. The molecule has 0 aliphatic rings. The fourth-order valence-electron chi connectivity index (χ4n) is 4.24. The SMILES string of the molecule is COc1cc(-n2nnnc2SCCCSc2nc3ccccc3c(=O)n2-c2ccc(C(F)(F)F)cc2)cc(OC)c1OC. The van der Waals surface area contributed by atoms with Gasteiger partial charge in [-0.3, -0.25) is 9.36 Å². The average Bonchev–Trinajstić information content (AvgIpc) is 3.48. The second-order valence-corrected chi connectivity index (χ2v) is 11.0. The first kappa shape index (κ1) is 30.2. The van der Waals surface area contributed by atoms with E-state index in [1.54, 1.807) is 41.1 Å². The largest absolute Gasteiger partial charge is 0.493 e. The molecule has 0 unspecified atom stereocenters. The molecule has 0 aliphatic heterocycles. The zero-order valence-electron chi connectivity index (χ0n) is 23.2. The number of benzene rings is 3. The smallest absolute Gasteiger partial charge is 0.416 e. The Kier molecular flexibility index (Phi) is 9.11. The lowest BCUT2D eigenvalue weighted by Crippen LogP contribution is -2.22. The molecule has 0 saturated heterocycles. The number of alkyl halides is 3. The summed E-state index contributed by atoms with van der Waals surface area (Å²) >= 11 is 2.78. The molecule has 2 heterocycles. The van der Waals surface area contributed by atoms with E-state index < -0.39 is 11.7 Å². The molecular weight excluding hydrogens is 605 g/mol.